The first-order valence-electron chi connectivity index (χ1n) is 7.64. The van der Waals surface area contributed by atoms with Crippen molar-refractivity contribution >= 4 is 12.2 Å². The number of aromatic nitrogens is 2. The molecule has 8 heteroatoms. The van der Waals surface area contributed by atoms with E-state index in [1.807, 2.05) is 0 Å². The molecule has 0 spiro atoms. The van der Waals surface area contributed by atoms with E-state index in [2.05, 4.69) is 10.1 Å². The highest BCUT2D eigenvalue weighted by Crippen LogP contribution is 2.20. The Hall–Kier alpha value is -3.29. The van der Waals surface area contributed by atoms with Gasteiger partial charge in [-0.15, -0.1) is 0 Å². The maximum Gasteiger partial charge on any atom is 0.221 e. The van der Waals surface area contributed by atoms with Crippen LogP contribution in [0.3, 0.4) is 0 Å². The fourth-order valence-electron chi connectivity index (χ4n) is 2.25. The standard InChI is InChI=1S/C18H15F3N4O/c1-11-9-25(18(22)24-11)23-8-12-2-5-17(16(21)6-12)26-10-13-7-14(19)3-4-15(13)20/h2-9H,10H2,1H3,(H2,22,24). The highest BCUT2D eigenvalue weighted by Gasteiger charge is 2.08. The van der Waals surface area contributed by atoms with Crippen LogP contribution in [0.1, 0.15) is 16.8 Å². The molecule has 0 bridgehead atoms. The number of nitrogens with two attached hydrogens (primary N) is 1. The highest BCUT2D eigenvalue weighted by molar-refractivity contribution is 5.79. The number of benzene rings is 2. The molecule has 0 aliphatic carbocycles. The van der Waals surface area contributed by atoms with Crippen molar-refractivity contribution in [2.75, 3.05) is 5.73 Å². The van der Waals surface area contributed by atoms with Crippen LogP contribution in [0.4, 0.5) is 19.1 Å². The Kier molecular flexibility index (Phi) is 4.92. The lowest BCUT2D eigenvalue weighted by molar-refractivity contribution is 0.284. The van der Waals surface area contributed by atoms with Crippen LogP contribution >= 0.6 is 0 Å². The van der Waals surface area contributed by atoms with Crippen molar-refractivity contribution in [1.29, 1.82) is 0 Å². The zero-order valence-electron chi connectivity index (χ0n) is 13.8. The van der Waals surface area contributed by atoms with Crippen molar-refractivity contribution in [2.24, 2.45) is 5.10 Å². The van der Waals surface area contributed by atoms with Crippen LogP contribution in [-0.4, -0.2) is 15.9 Å². The van der Waals surface area contributed by atoms with Crippen LogP contribution < -0.4 is 10.5 Å². The lowest BCUT2D eigenvalue weighted by Gasteiger charge is -2.08. The minimum Gasteiger partial charge on any atom is -0.486 e. The van der Waals surface area contributed by atoms with Crippen LogP contribution in [0.25, 0.3) is 0 Å². The van der Waals surface area contributed by atoms with E-state index in [1.165, 1.54) is 23.0 Å². The van der Waals surface area contributed by atoms with Crippen molar-refractivity contribution in [2.45, 2.75) is 13.5 Å². The number of nitrogens with zero attached hydrogens (tertiary/aromatic N) is 3. The summed E-state index contributed by atoms with van der Waals surface area (Å²) < 4.78 is 47.4. The summed E-state index contributed by atoms with van der Waals surface area (Å²) in [5.74, 6) is -1.73. The molecule has 1 aromatic heterocycles. The summed E-state index contributed by atoms with van der Waals surface area (Å²) in [4.78, 5) is 4.00. The minimum atomic E-state index is -0.652. The Balaban J connectivity index is 1.71. The van der Waals surface area contributed by atoms with Crippen LogP contribution in [0.5, 0.6) is 5.75 Å². The topological polar surface area (TPSA) is 65.4 Å². The quantitative estimate of drug-likeness (QED) is 0.707. The second kappa shape index (κ2) is 7.30. The Bertz CT molecular complexity index is 969. The molecular weight excluding hydrogens is 345 g/mol. The van der Waals surface area contributed by atoms with Gasteiger partial charge in [-0.25, -0.2) is 22.8 Å². The molecule has 2 aromatic carbocycles. The van der Waals surface area contributed by atoms with Crippen molar-refractivity contribution in [3.63, 3.8) is 0 Å². The molecule has 3 aromatic rings. The minimum absolute atomic E-state index is 0.000918. The van der Waals surface area contributed by atoms with E-state index in [0.717, 1.165) is 18.2 Å². The summed E-state index contributed by atoms with van der Waals surface area (Å²) in [6.45, 7) is 1.48. The van der Waals surface area contributed by atoms with Crippen LogP contribution in [0.15, 0.2) is 47.7 Å². The molecule has 0 saturated carbocycles. The summed E-state index contributed by atoms with van der Waals surface area (Å²) in [5, 5.41) is 4.09. The van der Waals surface area contributed by atoms with Gasteiger partial charge in [0.1, 0.15) is 18.2 Å². The number of ether oxygens (including phenoxy) is 1. The van der Waals surface area contributed by atoms with Gasteiger partial charge in [0.25, 0.3) is 0 Å². The first-order chi connectivity index (χ1) is 12.4. The van der Waals surface area contributed by atoms with Crippen molar-refractivity contribution < 1.29 is 17.9 Å². The molecule has 1 heterocycles. The summed E-state index contributed by atoms with van der Waals surface area (Å²) in [6, 6.07) is 7.17. The van der Waals surface area contributed by atoms with Crippen LogP contribution in [-0.2, 0) is 6.61 Å². The lowest BCUT2D eigenvalue weighted by Crippen LogP contribution is -2.01. The summed E-state index contributed by atoms with van der Waals surface area (Å²) in [5.41, 5.74) is 6.84. The van der Waals surface area contributed by atoms with Gasteiger partial charge in [0, 0.05) is 5.56 Å². The van der Waals surface area contributed by atoms with Gasteiger partial charge in [-0.05, 0) is 48.9 Å². The SMILES string of the molecule is Cc1cn(N=Cc2ccc(OCc3cc(F)ccc3F)c(F)c2)c(N)n1. The predicted octanol–water partition coefficient (Wildman–Crippen LogP) is 3.65. The van der Waals surface area contributed by atoms with E-state index in [1.54, 1.807) is 19.2 Å². The first-order valence-corrected chi connectivity index (χ1v) is 7.64. The first kappa shape index (κ1) is 17.5. The smallest absolute Gasteiger partial charge is 0.221 e. The molecule has 0 amide bonds. The molecule has 26 heavy (non-hydrogen) atoms. The maximum atomic E-state index is 14.1. The van der Waals surface area contributed by atoms with Crippen LogP contribution in [0.2, 0.25) is 0 Å². The zero-order chi connectivity index (χ0) is 18.7. The van der Waals surface area contributed by atoms with E-state index in [-0.39, 0.29) is 23.9 Å². The van der Waals surface area contributed by atoms with Gasteiger partial charge in [0.2, 0.25) is 5.95 Å². The Morgan fingerprint density at radius 3 is 2.65 bits per heavy atom. The molecule has 0 unspecified atom stereocenters. The Labute approximate surface area is 147 Å². The number of hydrogen-bond donors (Lipinski definition) is 1. The number of rotatable bonds is 5. The third kappa shape index (κ3) is 4.02. The summed E-state index contributed by atoms with van der Waals surface area (Å²) in [7, 11) is 0. The molecule has 0 aliphatic heterocycles. The molecular formula is C18H15F3N4O. The van der Waals surface area contributed by atoms with E-state index in [4.69, 9.17) is 10.5 Å². The molecule has 3 rings (SSSR count). The van der Waals surface area contributed by atoms with E-state index in [0.29, 0.717) is 11.3 Å². The van der Waals surface area contributed by atoms with E-state index in [9.17, 15) is 13.2 Å². The number of anilines is 1. The van der Waals surface area contributed by atoms with E-state index >= 15 is 0 Å². The number of halogens is 3. The molecule has 5 nitrogen and oxygen atoms in total. The largest absolute Gasteiger partial charge is 0.486 e. The van der Waals surface area contributed by atoms with Crippen LogP contribution in [0, 0.1) is 24.4 Å². The van der Waals surface area contributed by atoms with Crippen molar-refractivity contribution in [3.05, 3.63) is 76.9 Å². The molecule has 0 fully saturated rings. The van der Waals surface area contributed by atoms with Crippen molar-refractivity contribution in [1.82, 2.24) is 9.66 Å². The summed E-state index contributed by atoms with van der Waals surface area (Å²) >= 11 is 0. The van der Waals surface area contributed by atoms with Gasteiger partial charge in [-0.2, -0.15) is 5.10 Å². The number of imidazole rings is 1. The van der Waals surface area contributed by atoms with E-state index < -0.39 is 17.5 Å². The average Bonchev–Trinajstić information content (AvgIpc) is 2.92. The van der Waals surface area contributed by atoms with Gasteiger partial charge in [-0.1, -0.05) is 0 Å². The normalized spacial score (nSPS) is 11.2. The average molecular weight is 360 g/mol. The second-order valence-corrected chi connectivity index (χ2v) is 5.54. The molecule has 0 atom stereocenters. The fraction of sp³-hybridized carbons (Fsp3) is 0.111. The van der Waals surface area contributed by atoms with Gasteiger partial charge in [0.05, 0.1) is 18.1 Å². The third-order valence-corrected chi connectivity index (χ3v) is 3.51. The third-order valence-electron chi connectivity index (χ3n) is 3.51. The molecule has 2 N–H and O–H groups in total. The van der Waals surface area contributed by atoms with Crippen molar-refractivity contribution in [3.8, 4) is 5.75 Å². The number of nitrogen functional groups attached to an aromatic ring is 1. The number of aryl methyl sites for hydroxylation is 1. The molecule has 134 valence electrons. The zero-order valence-corrected chi connectivity index (χ0v) is 13.8. The monoisotopic (exact) mass is 360 g/mol. The molecule has 0 radical (unpaired) electrons. The molecule has 0 saturated heterocycles. The maximum absolute atomic E-state index is 14.1. The van der Waals surface area contributed by atoms with Gasteiger partial charge >= 0.3 is 0 Å². The van der Waals surface area contributed by atoms with Gasteiger partial charge < -0.3 is 10.5 Å². The highest BCUT2D eigenvalue weighted by atomic mass is 19.1. The van der Waals surface area contributed by atoms with Gasteiger partial charge in [-0.3, -0.25) is 0 Å². The summed E-state index contributed by atoms with van der Waals surface area (Å²) in [6.07, 6.45) is 3.05. The Morgan fingerprint density at radius 1 is 1.15 bits per heavy atom. The predicted molar refractivity (Wildman–Crippen MR) is 91.5 cm³/mol. The molecule has 0 aliphatic rings. The fourth-order valence-corrected chi connectivity index (χ4v) is 2.25. The Morgan fingerprint density at radius 2 is 1.96 bits per heavy atom. The number of hydrogen-bond acceptors (Lipinski definition) is 4. The second-order valence-electron chi connectivity index (χ2n) is 5.54. The lowest BCUT2D eigenvalue weighted by atomic mass is 10.2. The van der Waals surface area contributed by atoms with Gasteiger partial charge in [0.15, 0.2) is 11.6 Å².